The molecule has 0 atom stereocenters. The first-order chi connectivity index (χ1) is 17.9. The average molecular weight is 497 g/mol. The molecule has 9 heteroatoms. The number of rotatable bonds is 8. The minimum absolute atomic E-state index is 0.0668. The first kappa shape index (κ1) is 24.3. The lowest BCUT2D eigenvalue weighted by Crippen LogP contribution is -2.31. The van der Waals surface area contributed by atoms with Gasteiger partial charge in [-0.15, -0.1) is 0 Å². The van der Waals surface area contributed by atoms with Crippen LogP contribution in [-0.4, -0.2) is 36.6 Å². The van der Waals surface area contributed by atoms with Crippen LogP contribution in [0.5, 0.6) is 0 Å². The Morgan fingerprint density at radius 2 is 1.86 bits per heavy atom. The van der Waals surface area contributed by atoms with Gasteiger partial charge in [0.2, 0.25) is 11.7 Å². The van der Waals surface area contributed by atoms with Crippen LogP contribution in [0.2, 0.25) is 0 Å². The number of nitrogens with one attached hydrogen (secondary N) is 1. The Labute approximate surface area is 213 Å². The number of hydrogen-bond acceptors (Lipinski definition) is 6. The summed E-state index contributed by atoms with van der Waals surface area (Å²) in [6, 6.07) is 15.9. The van der Waals surface area contributed by atoms with Gasteiger partial charge in [-0.1, -0.05) is 55.8 Å². The molecule has 5 rings (SSSR count). The van der Waals surface area contributed by atoms with Crippen LogP contribution in [0.25, 0.3) is 16.9 Å². The minimum atomic E-state index is -0.234. The third-order valence-corrected chi connectivity index (χ3v) is 6.42. The molecule has 1 amide bonds. The number of carbonyl (C=O) groups is 2. The van der Waals surface area contributed by atoms with E-state index < -0.39 is 0 Å². The maximum atomic E-state index is 13.8. The third kappa shape index (κ3) is 4.72. The number of Topliss-reactive ketones (excluding diaryl/α,β-unsaturated/α-hetero) is 1. The van der Waals surface area contributed by atoms with Crippen LogP contribution in [0.4, 0.5) is 0 Å². The van der Waals surface area contributed by atoms with Gasteiger partial charge in [0.15, 0.2) is 0 Å². The lowest BCUT2D eigenvalue weighted by molar-refractivity contribution is -0.119. The normalized spacial score (nSPS) is 13.2. The summed E-state index contributed by atoms with van der Waals surface area (Å²) in [5.41, 5.74) is 8.08. The standard InChI is InChI=1S/C28H28N6O3/c1-4-8-25-23(27(37)33(16-17(2)35)28-29-18(3)32-34(25)28)14-19-11-12-21(20-9-6-5-7-10-20)22(13-19)24-15-26(36)31-30-24/h5-7,9-13H,4,8,14-16H2,1-3H3,(H,31,36). The van der Waals surface area contributed by atoms with Crippen LogP contribution in [0.1, 0.15) is 54.9 Å². The summed E-state index contributed by atoms with van der Waals surface area (Å²) in [5.74, 6) is 0.639. The lowest BCUT2D eigenvalue weighted by atomic mass is 9.91. The van der Waals surface area contributed by atoms with Crippen LogP contribution in [0.15, 0.2) is 58.4 Å². The number of aromatic nitrogens is 4. The molecule has 0 saturated carbocycles. The van der Waals surface area contributed by atoms with E-state index in [1.165, 1.54) is 11.5 Å². The Hall–Kier alpha value is -4.40. The Kier molecular flexibility index (Phi) is 6.52. The van der Waals surface area contributed by atoms with Crippen molar-refractivity contribution < 1.29 is 9.59 Å². The van der Waals surface area contributed by atoms with Crippen LogP contribution in [0, 0.1) is 6.92 Å². The van der Waals surface area contributed by atoms with Crippen LogP contribution < -0.4 is 11.0 Å². The maximum Gasteiger partial charge on any atom is 0.259 e. The summed E-state index contributed by atoms with van der Waals surface area (Å²) in [4.78, 5) is 42.2. The second-order valence-corrected chi connectivity index (χ2v) is 9.33. The Morgan fingerprint density at radius 3 is 2.54 bits per heavy atom. The van der Waals surface area contributed by atoms with Crippen molar-refractivity contribution in [3.63, 3.8) is 0 Å². The number of fused-ring (bicyclic) bond motifs is 1. The number of benzene rings is 2. The van der Waals surface area contributed by atoms with E-state index in [-0.39, 0.29) is 30.2 Å². The molecular weight excluding hydrogens is 468 g/mol. The van der Waals surface area contributed by atoms with E-state index in [1.54, 1.807) is 11.4 Å². The van der Waals surface area contributed by atoms with Crippen molar-refractivity contribution in [3.8, 4) is 11.1 Å². The molecule has 1 aliphatic heterocycles. The maximum absolute atomic E-state index is 13.8. The second kappa shape index (κ2) is 9.93. The lowest BCUT2D eigenvalue weighted by Gasteiger charge is -2.16. The second-order valence-electron chi connectivity index (χ2n) is 9.33. The molecule has 3 heterocycles. The number of aryl methyl sites for hydroxylation is 2. The average Bonchev–Trinajstić information content (AvgIpc) is 3.49. The van der Waals surface area contributed by atoms with Crippen molar-refractivity contribution >= 4 is 23.2 Å². The SMILES string of the molecule is CCCc1c(Cc2ccc(-c3ccccc3)c(C3=NNC(=O)C3)c2)c(=O)n(CC(C)=O)c2nc(C)nn12. The summed E-state index contributed by atoms with van der Waals surface area (Å²) in [6.45, 7) is 5.22. The number of amides is 1. The molecule has 1 N–H and O–H groups in total. The molecular formula is C28H28N6O3. The molecule has 2 aromatic carbocycles. The number of hydrogen-bond donors (Lipinski definition) is 1. The number of hydrazone groups is 1. The molecule has 0 spiro atoms. The summed E-state index contributed by atoms with van der Waals surface area (Å²) in [7, 11) is 0. The fraction of sp³-hybridized carbons (Fsp3) is 0.286. The van der Waals surface area contributed by atoms with Crippen molar-refractivity contribution in [2.24, 2.45) is 5.10 Å². The van der Waals surface area contributed by atoms with Crippen molar-refractivity contribution in [2.45, 2.75) is 53.0 Å². The van der Waals surface area contributed by atoms with Crippen LogP contribution >= 0.6 is 0 Å². The van der Waals surface area contributed by atoms with Gasteiger partial charge in [0.25, 0.3) is 5.56 Å². The quantitative estimate of drug-likeness (QED) is 0.403. The van der Waals surface area contributed by atoms with Gasteiger partial charge in [-0.3, -0.25) is 19.0 Å². The van der Waals surface area contributed by atoms with Gasteiger partial charge in [0.05, 0.1) is 24.4 Å². The molecule has 0 bridgehead atoms. The number of carbonyl (C=O) groups excluding carboxylic acids is 2. The minimum Gasteiger partial charge on any atom is -0.298 e. The monoisotopic (exact) mass is 496 g/mol. The highest BCUT2D eigenvalue weighted by molar-refractivity contribution is 6.16. The first-order valence-corrected chi connectivity index (χ1v) is 12.4. The van der Waals surface area contributed by atoms with Gasteiger partial charge in [0.1, 0.15) is 11.6 Å². The first-order valence-electron chi connectivity index (χ1n) is 12.4. The highest BCUT2D eigenvalue weighted by Crippen LogP contribution is 2.28. The van der Waals surface area contributed by atoms with Gasteiger partial charge in [-0.05, 0) is 43.0 Å². The van der Waals surface area contributed by atoms with E-state index in [1.807, 2.05) is 48.5 Å². The van der Waals surface area contributed by atoms with E-state index in [9.17, 15) is 14.4 Å². The van der Waals surface area contributed by atoms with Crippen molar-refractivity contribution in [3.05, 3.63) is 87.1 Å². The highest BCUT2D eigenvalue weighted by atomic mass is 16.2. The summed E-state index contributed by atoms with van der Waals surface area (Å²) in [5, 5.41) is 8.82. The predicted molar refractivity (Wildman–Crippen MR) is 141 cm³/mol. The Bertz CT molecular complexity index is 1610. The molecule has 0 radical (unpaired) electrons. The third-order valence-electron chi connectivity index (χ3n) is 6.42. The van der Waals surface area contributed by atoms with Crippen molar-refractivity contribution in [1.82, 2.24) is 24.6 Å². The molecule has 0 fully saturated rings. The van der Waals surface area contributed by atoms with Gasteiger partial charge in [0, 0.05) is 17.5 Å². The Balaban J connectivity index is 1.67. The van der Waals surface area contributed by atoms with Crippen molar-refractivity contribution in [2.75, 3.05) is 0 Å². The molecule has 37 heavy (non-hydrogen) atoms. The molecule has 9 nitrogen and oxygen atoms in total. The fourth-order valence-electron chi connectivity index (χ4n) is 4.83. The van der Waals surface area contributed by atoms with Gasteiger partial charge < -0.3 is 0 Å². The molecule has 0 aliphatic carbocycles. The van der Waals surface area contributed by atoms with Crippen LogP contribution in [-0.2, 0) is 29.0 Å². The Morgan fingerprint density at radius 1 is 1.08 bits per heavy atom. The zero-order valence-electron chi connectivity index (χ0n) is 21.1. The van der Waals surface area contributed by atoms with E-state index in [0.29, 0.717) is 35.7 Å². The largest absolute Gasteiger partial charge is 0.298 e. The number of nitrogens with zero attached hydrogens (tertiary/aromatic N) is 5. The highest BCUT2D eigenvalue weighted by Gasteiger charge is 2.23. The summed E-state index contributed by atoms with van der Waals surface area (Å²) in [6.07, 6.45) is 2.00. The van der Waals surface area contributed by atoms with E-state index in [2.05, 4.69) is 27.5 Å². The zero-order chi connectivity index (χ0) is 26.1. The van der Waals surface area contributed by atoms with E-state index in [4.69, 9.17) is 0 Å². The van der Waals surface area contributed by atoms with Crippen molar-refractivity contribution in [1.29, 1.82) is 0 Å². The van der Waals surface area contributed by atoms with Crippen LogP contribution in [0.3, 0.4) is 0 Å². The molecule has 188 valence electrons. The predicted octanol–water partition coefficient (Wildman–Crippen LogP) is 3.22. The molecule has 0 saturated heterocycles. The van der Waals surface area contributed by atoms with E-state index in [0.717, 1.165) is 34.4 Å². The molecule has 1 aliphatic rings. The fourth-order valence-corrected chi connectivity index (χ4v) is 4.83. The van der Waals surface area contributed by atoms with Gasteiger partial charge in [-0.2, -0.15) is 15.2 Å². The molecule has 4 aromatic rings. The van der Waals surface area contributed by atoms with Gasteiger partial charge in [-0.25, -0.2) is 9.94 Å². The smallest absolute Gasteiger partial charge is 0.259 e. The molecule has 2 aromatic heterocycles. The number of ketones is 1. The molecule has 0 unspecified atom stereocenters. The van der Waals surface area contributed by atoms with Gasteiger partial charge >= 0.3 is 0 Å². The van der Waals surface area contributed by atoms with E-state index >= 15 is 0 Å². The zero-order valence-corrected chi connectivity index (χ0v) is 21.1. The topological polar surface area (TPSA) is 111 Å². The summed E-state index contributed by atoms with van der Waals surface area (Å²) < 4.78 is 3.13. The summed E-state index contributed by atoms with van der Waals surface area (Å²) >= 11 is 0.